The fraction of sp³-hybridized carbons (Fsp3) is 0.657. The number of hydrogen-bond donors (Lipinski definition) is 17. The first-order valence-electron chi connectivity index (χ1n) is 19.7. The number of nitrogens with two attached hydrogens (primary N) is 2. The van der Waals surface area contributed by atoms with Crippen LogP contribution in [0.5, 0.6) is 0 Å². The second-order valence-electron chi connectivity index (χ2n) is 14.2. The van der Waals surface area contributed by atoms with Gasteiger partial charge in [-0.1, -0.05) is 0 Å². The Kier molecular flexibility index (Phi) is 23.9. The van der Waals surface area contributed by atoms with Crippen LogP contribution in [-0.4, -0.2) is 199 Å². The molecule has 1 aromatic heterocycles. The van der Waals surface area contributed by atoms with E-state index in [0.29, 0.717) is 18.5 Å². The van der Waals surface area contributed by atoms with Crippen LogP contribution >= 0.6 is 25.3 Å². The van der Waals surface area contributed by atoms with E-state index in [1.807, 2.05) is 0 Å². The Labute approximate surface area is 372 Å². The summed E-state index contributed by atoms with van der Waals surface area (Å²) in [6, 6.07) is -13.3. The van der Waals surface area contributed by atoms with E-state index in [1.54, 1.807) is 0 Å². The van der Waals surface area contributed by atoms with Crippen LogP contribution in [0.4, 0.5) is 0 Å². The summed E-state index contributed by atoms with van der Waals surface area (Å²) >= 11 is 7.82. The van der Waals surface area contributed by atoms with E-state index in [2.05, 4.69) is 72.4 Å². The van der Waals surface area contributed by atoms with Crippen molar-refractivity contribution in [3.8, 4) is 0 Å². The number of carbonyl (C=O) groups is 9. The highest BCUT2D eigenvalue weighted by atomic mass is 32.1. The molecule has 8 amide bonds. The van der Waals surface area contributed by atoms with Crippen molar-refractivity contribution in [3.05, 3.63) is 18.2 Å². The van der Waals surface area contributed by atoms with Gasteiger partial charge in [-0.25, -0.2) is 9.78 Å². The summed E-state index contributed by atoms with van der Waals surface area (Å²) in [6.07, 6.45) is 3.56. The third-order valence-electron chi connectivity index (χ3n) is 9.60. The SMILES string of the molecule is NCCCC[C@H](NC(=O)[C@H](CO)NC(=O)[C@@H]1CCCN1C(=O)[C@H](CO)NC(=O)[C@H](CO)NC(=O)[C@H](CO)NC(=O)[C@@H](N)CS)C(=O)N[C@@H](Cc1cnc[nH]1)C(=O)N[C@@H](CS)C(=O)O. The molecule has 1 aliphatic heterocycles. The predicted octanol–water partition coefficient (Wildman–Crippen LogP) is -8.29. The lowest BCUT2D eigenvalue weighted by Crippen LogP contribution is -2.61. The fourth-order valence-electron chi connectivity index (χ4n) is 6.03. The van der Waals surface area contributed by atoms with E-state index in [4.69, 9.17) is 11.5 Å². The minimum absolute atomic E-state index is 0.0165. The number of carboxylic acids is 1. The monoisotopic (exact) mass is 934 g/mol. The Hall–Kier alpha value is -5.10. The molecule has 26 nitrogen and oxygen atoms in total. The lowest BCUT2D eigenvalue weighted by Gasteiger charge is -2.30. The topological polar surface area (TPSA) is 423 Å². The number of likely N-dealkylation sites (tertiary alicyclic amines) is 1. The summed E-state index contributed by atoms with van der Waals surface area (Å²) in [5.74, 6) is -9.50. The highest BCUT2D eigenvalue weighted by molar-refractivity contribution is 7.80. The number of aliphatic carboxylic acids is 1. The van der Waals surface area contributed by atoms with Gasteiger partial charge in [0.2, 0.25) is 47.3 Å². The standard InChI is InChI=1S/C35H58N12O14S2/c36-6-2-1-4-19(28(53)41-20(8-17-9-38-16-39-17)29(54)46-25(15-63)35(60)61)40-30(55)23(12-50)44-33(58)26-5-3-7-47(26)34(59)24(13-51)45-32(57)22(11-49)43-31(56)21(10-48)42-27(52)18(37)14-62/h9,16,18-26,48-51,62-63H,1-8,10-15,36-37H2,(H,38,39)(H,40,55)(H,41,53)(H,42,52)(H,43,56)(H,44,58)(H,45,57)(H,46,54)(H,60,61)/t18-,19-,20-,21-,22-,23-,24-,25-,26-/m0/s1. The van der Waals surface area contributed by atoms with Crippen LogP contribution in [0.15, 0.2) is 12.5 Å². The highest BCUT2D eigenvalue weighted by Gasteiger charge is 2.40. The molecule has 2 heterocycles. The third kappa shape index (κ3) is 16.8. The van der Waals surface area contributed by atoms with E-state index < -0.39 is 134 Å². The molecule has 1 fully saturated rings. The maximum atomic E-state index is 13.7. The third-order valence-corrected chi connectivity index (χ3v) is 10.4. The van der Waals surface area contributed by atoms with Crippen LogP contribution in [0.1, 0.15) is 37.8 Å². The zero-order chi connectivity index (χ0) is 47.2. The molecule has 2 rings (SSSR count). The molecule has 0 radical (unpaired) electrons. The summed E-state index contributed by atoms with van der Waals surface area (Å²) in [7, 11) is 0. The molecule has 0 bridgehead atoms. The number of hydrogen-bond acceptors (Lipinski definition) is 18. The molecule has 1 aromatic rings. The number of aromatic nitrogens is 2. The average molecular weight is 935 g/mol. The van der Waals surface area contributed by atoms with Crippen LogP contribution in [0, 0.1) is 0 Å². The number of imidazole rings is 1. The van der Waals surface area contributed by atoms with E-state index in [0.717, 1.165) is 4.90 Å². The molecule has 1 saturated heterocycles. The molecule has 0 spiro atoms. The Morgan fingerprint density at radius 3 is 1.70 bits per heavy atom. The van der Waals surface area contributed by atoms with E-state index in [-0.39, 0.29) is 50.3 Å². The second kappa shape index (κ2) is 27.9. The Balaban J connectivity index is 2.17. The normalized spacial score (nSPS) is 17.3. The summed E-state index contributed by atoms with van der Waals surface area (Å²) in [4.78, 5) is 125. The van der Waals surface area contributed by atoms with E-state index in [9.17, 15) is 68.7 Å². The molecule has 28 heteroatoms. The Morgan fingerprint density at radius 2 is 1.19 bits per heavy atom. The number of thiol groups is 2. The van der Waals surface area contributed by atoms with Crippen molar-refractivity contribution in [2.24, 2.45) is 11.5 Å². The van der Waals surface area contributed by atoms with Crippen LogP contribution < -0.4 is 48.7 Å². The van der Waals surface area contributed by atoms with Gasteiger partial charge in [0.25, 0.3) is 0 Å². The molecule has 17 N–H and O–H groups in total. The number of carbonyl (C=O) groups excluding carboxylic acids is 8. The van der Waals surface area contributed by atoms with Gasteiger partial charge in [0.1, 0.15) is 48.3 Å². The Bertz CT molecular complexity index is 1710. The number of aliphatic hydroxyl groups excluding tert-OH is 4. The van der Waals surface area contributed by atoms with Crippen LogP contribution in [0.25, 0.3) is 0 Å². The lowest BCUT2D eigenvalue weighted by molar-refractivity contribution is -0.143. The first-order chi connectivity index (χ1) is 30.0. The van der Waals surface area contributed by atoms with Gasteiger partial charge < -0.3 is 84.1 Å². The van der Waals surface area contributed by atoms with Crippen molar-refractivity contribution in [1.82, 2.24) is 52.1 Å². The fourth-order valence-corrected chi connectivity index (χ4v) is 6.45. The molecule has 9 atom stereocenters. The summed E-state index contributed by atoms with van der Waals surface area (Å²) in [5, 5.41) is 65.1. The predicted molar refractivity (Wildman–Crippen MR) is 225 cm³/mol. The number of aliphatic hydroxyl groups is 4. The Morgan fingerprint density at radius 1 is 0.698 bits per heavy atom. The number of carboxylic acid groups (broad SMARTS) is 1. The van der Waals surface area contributed by atoms with Crippen molar-refractivity contribution >= 4 is 78.5 Å². The lowest BCUT2D eigenvalue weighted by atomic mass is 10.1. The molecule has 0 unspecified atom stereocenters. The molecule has 0 aromatic carbocycles. The van der Waals surface area contributed by atoms with Gasteiger partial charge in [-0.3, -0.25) is 38.4 Å². The van der Waals surface area contributed by atoms with Gasteiger partial charge in [-0.15, -0.1) is 0 Å². The number of unbranched alkanes of at least 4 members (excludes halogenated alkanes) is 1. The summed E-state index contributed by atoms with van der Waals surface area (Å²) in [6.45, 7) is -3.74. The molecule has 1 aliphatic rings. The minimum Gasteiger partial charge on any atom is -0.480 e. The molecule has 63 heavy (non-hydrogen) atoms. The van der Waals surface area contributed by atoms with Crippen molar-refractivity contribution in [2.45, 2.75) is 92.9 Å². The van der Waals surface area contributed by atoms with Gasteiger partial charge in [0, 0.05) is 36.4 Å². The van der Waals surface area contributed by atoms with Gasteiger partial charge >= 0.3 is 5.97 Å². The number of aromatic amines is 1. The quantitative estimate of drug-likeness (QED) is 0.0274. The minimum atomic E-state index is -1.74. The van der Waals surface area contributed by atoms with Gasteiger partial charge in [-0.05, 0) is 38.6 Å². The van der Waals surface area contributed by atoms with Crippen molar-refractivity contribution in [1.29, 1.82) is 0 Å². The molecular formula is C35H58N12O14S2. The van der Waals surface area contributed by atoms with Gasteiger partial charge in [-0.2, -0.15) is 25.3 Å². The van der Waals surface area contributed by atoms with Crippen LogP contribution in [-0.2, 0) is 49.6 Å². The highest BCUT2D eigenvalue weighted by Crippen LogP contribution is 2.19. The van der Waals surface area contributed by atoms with Crippen molar-refractivity contribution in [2.75, 3.05) is 51.0 Å². The van der Waals surface area contributed by atoms with Crippen LogP contribution in [0.2, 0.25) is 0 Å². The smallest absolute Gasteiger partial charge is 0.327 e. The zero-order valence-electron chi connectivity index (χ0n) is 34.1. The first kappa shape index (κ1) is 54.0. The second-order valence-corrected chi connectivity index (χ2v) is 15.0. The average Bonchev–Trinajstić information content (AvgIpc) is 3.99. The number of H-pyrrole nitrogens is 1. The van der Waals surface area contributed by atoms with E-state index in [1.165, 1.54) is 12.5 Å². The number of nitrogens with zero attached hydrogens (tertiary/aromatic N) is 2. The maximum Gasteiger partial charge on any atom is 0.327 e. The first-order valence-corrected chi connectivity index (χ1v) is 21.0. The molecule has 0 saturated carbocycles. The summed E-state index contributed by atoms with van der Waals surface area (Å²) in [5.41, 5.74) is 11.6. The van der Waals surface area contributed by atoms with Gasteiger partial charge in [0.05, 0.1) is 38.8 Å². The van der Waals surface area contributed by atoms with Crippen molar-refractivity contribution < 1.29 is 68.7 Å². The number of nitrogens with one attached hydrogen (secondary N) is 8. The van der Waals surface area contributed by atoms with E-state index >= 15 is 0 Å². The number of rotatable bonds is 28. The summed E-state index contributed by atoms with van der Waals surface area (Å²) < 4.78 is 0. The van der Waals surface area contributed by atoms with Crippen LogP contribution in [0.3, 0.4) is 0 Å². The van der Waals surface area contributed by atoms with Gasteiger partial charge in [0.15, 0.2) is 0 Å². The maximum absolute atomic E-state index is 13.7. The zero-order valence-corrected chi connectivity index (χ0v) is 35.9. The number of amides is 8. The molecular weight excluding hydrogens is 877 g/mol. The van der Waals surface area contributed by atoms with Crippen molar-refractivity contribution in [3.63, 3.8) is 0 Å². The molecule has 0 aliphatic carbocycles. The largest absolute Gasteiger partial charge is 0.480 e. The molecule has 354 valence electrons.